The molecule has 1 heterocycles. The van der Waals surface area contributed by atoms with Crippen molar-refractivity contribution in [2.75, 3.05) is 11.1 Å². The summed E-state index contributed by atoms with van der Waals surface area (Å²) in [5.74, 6) is 0.302. The van der Waals surface area contributed by atoms with Gasteiger partial charge >= 0.3 is 0 Å². The van der Waals surface area contributed by atoms with Gasteiger partial charge < -0.3 is 5.32 Å². The van der Waals surface area contributed by atoms with Gasteiger partial charge in [-0.2, -0.15) is 0 Å². The van der Waals surface area contributed by atoms with Crippen molar-refractivity contribution in [2.24, 2.45) is 0 Å². The smallest absolute Gasteiger partial charge is 0.295 e. The van der Waals surface area contributed by atoms with E-state index in [1.807, 2.05) is 24.3 Å². The van der Waals surface area contributed by atoms with Crippen molar-refractivity contribution in [1.82, 2.24) is 0 Å². The minimum Gasteiger partial charge on any atom is -0.370 e. The number of fused-ring (bicyclic) bond motifs is 1. The van der Waals surface area contributed by atoms with E-state index in [0.717, 1.165) is 22.6 Å². The Kier molecular flexibility index (Phi) is 3.79. The summed E-state index contributed by atoms with van der Waals surface area (Å²) in [5.41, 5.74) is 0.797. The van der Waals surface area contributed by atoms with Crippen LogP contribution >= 0.6 is 11.8 Å². The Labute approximate surface area is 125 Å². The fraction of sp³-hybridized carbons (Fsp3) is 0.200. The van der Waals surface area contributed by atoms with Crippen molar-refractivity contribution in [1.29, 1.82) is 0 Å². The molecule has 4 nitrogen and oxygen atoms in total. The highest BCUT2D eigenvalue weighted by atomic mass is 32.2. The Bertz CT molecular complexity index is 693. The number of para-hydroxylation sites is 1. The standard InChI is InChI=1S/C15H13FN2O2S/c16-11-5-3-6-13(18(19)20)15(11)17-12-8-9-21-14-7-2-1-4-10(12)14/h1-7,12,17H,8-9H2. The maximum atomic E-state index is 14.0. The van der Waals surface area contributed by atoms with Crippen molar-refractivity contribution in [2.45, 2.75) is 17.4 Å². The second-order valence-corrected chi connectivity index (χ2v) is 5.90. The number of thioether (sulfide) groups is 1. The Morgan fingerprint density at radius 3 is 2.86 bits per heavy atom. The summed E-state index contributed by atoms with van der Waals surface area (Å²) in [7, 11) is 0. The van der Waals surface area contributed by atoms with Gasteiger partial charge in [0, 0.05) is 16.7 Å². The largest absolute Gasteiger partial charge is 0.370 e. The molecular weight excluding hydrogens is 291 g/mol. The summed E-state index contributed by atoms with van der Waals surface area (Å²) in [6.45, 7) is 0. The van der Waals surface area contributed by atoms with Crippen LogP contribution in [-0.4, -0.2) is 10.7 Å². The van der Waals surface area contributed by atoms with Gasteiger partial charge in [0.05, 0.1) is 11.0 Å². The van der Waals surface area contributed by atoms with E-state index in [0.29, 0.717) is 0 Å². The van der Waals surface area contributed by atoms with Crippen LogP contribution in [0.4, 0.5) is 15.8 Å². The van der Waals surface area contributed by atoms with Gasteiger partial charge in [-0.1, -0.05) is 24.3 Å². The molecule has 0 radical (unpaired) electrons. The molecule has 0 spiro atoms. The molecule has 1 atom stereocenters. The van der Waals surface area contributed by atoms with E-state index >= 15 is 0 Å². The first-order valence-corrected chi connectivity index (χ1v) is 7.56. The Hall–Kier alpha value is -2.08. The van der Waals surface area contributed by atoms with Crippen LogP contribution in [0.2, 0.25) is 0 Å². The molecule has 0 aliphatic carbocycles. The summed E-state index contributed by atoms with van der Waals surface area (Å²) in [4.78, 5) is 11.6. The first-order chi connectivity index (χ1) is 10.2. The minimum atomic E-state index is -0.597. The van der Waals surface area contributed by atoms with Gasteiger partial charge in [-0.05, 0) is 24.1 Å². The third-order valence-electron chi connectivity index (χ3n) is 3.47. The number of nitro groups is 1. The van der Waals surface area contributed by atoms with E-state index in [9.17, 15) is 14.5 Å². The molecule has 0 saturated carbocycles. The van der Waals surface area contributed by atoms with Crippen LogP contribution in [0.15, 0.2) is 47.4 Å². The first-order valence-electron chi connectivity index (χ1n) is 6.58. The molecule has 1 aliphatic heterocycles. The van der Waals surface area contributed by atoms with Crippen molar-refractivity contribution >= 4 is 23.1 Å². The number of rotatable bonds is 3. The zero-order chi connectivity index (χ0) is 14.8. The number of nitro benzene ring substituents is 1. The Balaban J connectivity index is 1.97. The Morgan fingerprint density at radius 1 is 1.24 bits per heavy atom. The molecule has 6 heteroatoms. The van der Waals surface area contributed by atoms with Crippen LogP contribution in [0.1, 0.15) is 18.0 Å². The molecule has 0 fully saturated rings. The van der Waals surface area contributed by atoms with E-state index in [1.54, 1.807) is 11.8 Å². The monoisotopic (exact) mass is 304 g/mol. The molecule has 2 aromatic rings. The van der Waals surface area contributed by atoms with Gasteiger partial charge in [0.25, 0.3) is 5.69 Å². The van der Waals surface area contributed by atoms with Crippen molar-refractivity contribution < 1.29 is 9.31 Å². The minimum absolute atomic E-state index is 0.0331. The SMILES string of the molecule is O=[N+]([O-])c1cccc(F)c1NC1CCSc2ccccc21. The van der Waals surface area contributed by atoms with Crippen LogP contribution in [0.25, 0.3) is 0 Å². The number of nitrogens with zero attached hydrogens (tertiary/aromatic N) is 1. The van der Waals surface area contributed by atoms with Crippen molar-refractivity contribution in [3.05, 3.63) is 64.0 Å². The number of nitrogens with one attached hydrogen (secondary N) is 1. The van der Waals surface area contributed by atoms with Crippen LogP contribution in [0.3, 0.4) is 0 Å². The molecule has 21 heavy (non-hydrogen) atoms. The van der Waals surface area contributed by atoms with E-state index in [4.69, 9.17) is 0 Å². The predicted molar refractivity (Wildman–Crippen MR) is 81.2 cm³/mol. The van der Waals surface area contributed by atoms with Crippen LogP contribution in [0.5, 0.6) is 0 Å². The molecule has 1 unspecified atom stereocenters. The quantitative estimate of drug-likeness (QED) is 0.675. The van der Waals surface area contributed by atoms with Crippen LogP contribution in [0, 0.1) is 15.9 Å². The number of hydrogen-bond acceptors (Lipinski definition) is 4. The normalized spacial score (nSPS) is 17.1. The lowest BCUT2D eigenvalue weighted by molar-refractivity contribution is -0.384. The summed E-state index contributed by atoms with van der Waals surface area (Å²) in [5, 5.41) is 14.1. The third kappa shape index (κ3) is 2.71. The van der Waals surface area contributed by atoms with E-state index < -0.39 is 10.7 Å². The van der Waals surface area contributed by atoms with Crippen molar-refractivity contribution in [3.8, 4) is 0 Å². The number of halogens is 1. The fourth-order valence-corrected chi connectivity index (χ4v) is 3.60. The van der Waals surface area contributed by atoms with Gasteiger partial charge in [0.15, 0.2) is 5.82 Å². The second kappa shape index (κ2) is 5.73. The molecule has 0 bridgehead atoms. The predicted octanol–water partition coefficient (Wildman–Crippen LogP) is 4.38. The summed E-state index contributed by atoms with van der Waals surface area (Å²) < 4.78 is 14.0. The molecule has 0 aromatic heterocycles. The van der Waals surface area contributed by atoms with Gasteiger partial charge in [-0.3, -0.25) is 10.1 Å². The van der Waals surface area contributed by atoms with E-state index in [1.165, 1.54) is 18.2 Å². The number of benzene rings is 2. The average Bonchev–Trinajstić information content (AvgIpc) is 2.49. The maximum absolute atomic E-state index is 14.0. The lowest BCUT2D eigenvalue weighted by atomic mass is 10.0. The highest BCUT2D eigenvalue weighted by Crippen LogP contribution is 2.39. The molecule has 0 amide bonds. The zero-order valence-electron chi connectivity index (χ0n) is 11.1. The average molecular weight is 304 g/mol. The lowest BCUT2D eigenvalue weighted by Crippen LogP contribution is -2.17. The highest BCUT2D eigenvalue weighted by molar-refractivity contribution is 7.99. The maximum Gasteiger partial charge on any atom is 0.295 e. The topological polar surface area (TPSA) is 55.2 Å². The van der Waals surface area contributed by atoms with Gasteiger partial charge in [-0.25, -0.2) is 4.39 Å². The lowest BCUT2D eigenvalue weighted by Gasteiger charge is -2.26. The molecule has 0 saturated heterocycles. The van der Waals surface area contributed by atoms with E-state index in [-0.39, 0.29) is 17.4 Å². The van der Waals surface area contributed by atoms with Gasteiger partial charge in [-0.15, -0.1) is 11.8 Å². The summed E-state index contributed by atoms with van der Waals surface area (Å²) in [6, 6.07) is 11.7. The number of anilines is 1. The van der Waals surface area contributed by atoms with Crippen LogP contribution < -0.4 is 5.32 Å². The molecular formula is C15H13FN2O2S. The third-order valence-corrected chi connectivity index (χ3v) is 4.59. The molecule has 3 rings (SSSR count). The Morgan fingerprint density at radius 2 is 2.05 bits per heavy atom. The molecule has 2 aromatic carbocycles. The second-order valence-electron chi connectivity index (χ2n) is 4.76. The van der Waals surface area contributed by atoms with Crippen molar-refractivity contribution in [3.63, 3.8) is 0 Å². The van der Waals surface area contributed by atoms with E-state index in [2.05, 4.69) is 5.32 Å². The van der Waals surface area contributed by atoms with Gasteiger partial charge in [0.2, 0.25) is 0 Å². The highest BCUT2D eigenvalue weighted by Gasteiger charge is 2.25. The summed E-state index contributed by atoms with van der Waals surface area (Å²) >= 11 is 1.75. The molecule has 108 valence electrons. The first kappa shape index (κ1) is 13.9. The molecule has 1 N–H and O–H groups in total. The van der Waals surface area contributed by atoms with Crippen LogP contribution in [-0.2, 0) is 0 Å². The number of hydrogen-bond donors (Lipinski definition) is 1. The van der Waals surface area contributed by atoms with Gasteiger partial charge in [0.1, 0.15) is 5.69 Å². The summed E-state index contributed by atoms with van der Waals surface area (Å²) in [6.07, 6.45) is 0.799. The fourth-order valence-electron chi connectivity index (χ4n) is 2.47. The zero-order valence-corrected chi connectivity index (χ0v) is 11.9. The molecule has 1 aliphatic rings.